The second-order valence-corrected chi connectivity index (χ2v) is 5.19. The highest BCUT2D eigenvalue weighted by Gasteiger charge is 2.12. The molecular weight excluding hydrogens is 252 g/mol. The van der Waals surface area contributed by atoms with Crippen molar-refractivity contribution < 1.29 is 0 Å². The van der Waals surface area contributed by atoms with Gasteiger partial charge in [-0.05, 0) is 33.4 Å². The summed E-state index contributed by atoms with van der Waals surface area (Å²) in [6.45, 7) is 11.7. The van der Waals surface area contributed by atoms with Crippen LogP contribution in [0.25, 0.3) is 11.0 Å². The Hall–Kier alpha value is -1.69. The van der Waals surface area contributed by atoms with Crippen LogP contribution < -0.4 is 5.32 Å². The molecule has 0 unspecified atom stereocenters. The monoisotopic (exact) mass is 276 g/mol. The number of rotatable bonds is 7. The van der Waals surface area contributed by atoms with E-state index in [1.54, 1.807) is 6.20 Å². The minimum atomic E-state index is 0.328. The molecule has 2 rings (SSSR count). The lowest BCUT2D eigenvalue weighted by molar-refractivity contribution is 0.280. The van der Waals surface area contributed by atoms with Crippen molar-refractivity contribution in [2.45, 2.75) is 40.2 Å². The molecule has 2 aromatic rings. The Morgan fingerprint density at radius 1 is 1.35 bits per heavy atom. The zero-order chi connectivity index (χ0) is 14.5. The smallest absolute Gasteiger partial charge is 0.161 e. The van der Waals surface area contributed by atoms with Gasteiger partial charge in [0.25, 0.3) is 0 Å². The molecule has 0 bridgehead atoms. The summed E-state index contributed by atoms with van der Waals surface area (Å²) in [7, 11) is 0. The Morgan fingerprint density at radius 2 is 2.15 bits per heavy atom. The molecule has 0 fully saturated rings. The number of fused-ring (bicyclic) bond motifs is 1. The zero-order valence-electron chi connectivity index (χ0n) is 12.8. The lowest BCUT2D eigenvalue weighted by Crippen LogP contribution is -2.35. The minimum Gasteiger partial charge on any atom is -0.366 e. The van der Waals surface area contributed by atoms with Gasteiger partial charge < -0.3 is 10.2 Å². The molecule has 0 aliphatic carbocycles. The van der Waals surface area contributed by atoms with E-state index in [1.807, 2.05) is 6.92 Å². The molecule has 0 saturated carbocycles. The largest absolute Gasteiger partial charge is 0.366 e. The van der Waals surface area contributed by atoms with Crippen molar-refractivity contribution in [2.75, 3.05) is 25.0 Å². The van der Waals surface area contributed by atoms with Crippen LogP contribution in [0.3, 0.4) is 0 Å². The van der Waals surface area contributed by atoms with Gasteiger partial charge in [0.1, 0.15) is 11.6 Å². The third-order valence-electron chi connectivity index (χ3n) is 3.32. The van der Waals surface area contributed by atoms with Crippen LogP contribution in [0.1, 0.15) is 33.0 Å². The number of aryl methyl sites for hydroxylation is 1. The highest BCUT2D eigenvalue weighted by Crippen LogP contribution is 2.18. The quantitative estimate of drug-likeness (QED) is 0.811. The third-order valence-corrected chi connectivity index (χ3v) is 3.32. The molecule has 0 spiro atoms. The van der Waals surface area contributed by atoms with Crippen molar-refractivity contribution in [2.24, 2.45) is 0 Å². The predicted molar refractivity (Wildman–Crippen MR) is 81.9 cm³/mol. The Balaban J connectivity index is 2.09. The fraction of sp³-hybridized carbons (Fsp3) is 0.643. The maximum atomic E-state index is 4.49. The Kier molecular flexibility index (Phi) is 4.89. The van der Waals surface area contributed by atoms with Crippen LogP contribution in [-0.4, -0.2) is 50.7 Å². The summed E-state index contributed by atoms with van der Waals surface area (Å²) in [5, 5.41) is 11.4. The van der Waals surface area contributed by atoms with E-state index in [0.717, 1.165) is 42.3 Å². The first kappa shape index (κ1) is 14.7. The Morgan fingerprint density at radius 3 is 2.85 bits per heavy atom. The van der Waals surface area contributed by atoms with Crippen LogP contribution in [0.15, 0.2) is 6.20 Å². The molecular formula is C14H24N6. The predicted octanol–water partition coefficient (Wildman–Crippen LogP) is 2.19. The lowest BCUT2D eigenvalue weighted by atomic mass is 10.2. The van der Waals surface area contributed by atoms with Crippen LogP contribution in [0.2, 0.25) is 0 Å². The van der Waals surface area contributed by atoms with E-state index in [2.05, 4.69) is 51.2 Å². The molecule has 0 amide bonds. The number of H-pyrrole nitrogens is 1. The third kappa shape index (κ3) is 3.45. The highest BCUT2D eigenvalue weighted by atomic mass is 15.2. The summed E-state index contributed by atoms with van der Waals surface area (Å²) in [4.78, 5) is 11.3. The second-order valence-electron chi connectivity index (χ2n) is 5.19. The molecule has 6 heteroatoms. The van der Waals surface area contributed by atoms with E-state index in [4.69, 9.17) is 0 Å². The lowest BCUT2D eigenvalue weighted by Gasteiger charge is -2.24. The molecule has 0 aromatic carbocycles. The molecule has 6 nitrogen and oxygen atoms in total. The molecule has 20 heavy (non-hydrogen) atoms. The maximum absolute atomic E-state index is 4.49. The molecule has 0 aliphatic rings. The average Bonchev–Trinajstić information content (AvgIpc) is 2.86. The van der Waals surface area contributed by atoms with Crippen molar-refractivity contribution in [1.82, 2.24) is 25.1 Å². The Labute approximate surface area is 120 Å². The number of aromatic amines is 1. The zero-order valence-corrected chi connectivity index (χ0v) is 12.8. The van der Waals surface area contributed by atoms with E-state index >= 15 is 0 Å². The molecule has 0 aliphatic heterocycles. The number of hydrogen-bond acceptors (Lipinski definition) is 5. The molecule has 1 atom stereocenters. The first-order chi connectivity index (χ1) is 9.63. The summed E-state index contributed by atoms with van der Waals surface area (Å²) in [5.74, 6) is 1.61. The number of anilines is 1. The van der Waals surface area contributed by atoms with Crippen LogP contribution in [-0.2, 0) is 0 Å². The van der Waals surface area contributed by atoms with Gasteiger partial charge in [-0.3, -0.25) is 5.10 Å². The van der Waals surface area contributed by atoms with Crippen LogP contribution in [0, 0.1) is 6.92 Å². The van der Waals surface area contributed by atoms with Crippen molar-refractivity contribution in [3.8, 4) is 0 Å². The molecule has 0 saturated heterocycles. The molecule has 2 N–H and O–H groups in total. The van der Waals surface area contributed by atoms with Gasteiger partial charge in [-0.15, -0.1) is 0 Å². The van der Waals surface area contributed by atoms with Gasteiger partial charge in [0.05, 0.1) is 11.6 Å². The SMILES string of the molecule is CCCN(CC)C[C@H](C)Nc1nc(C)nc2[nH]ncc12. The fourth-order valence-electron chi connectivity index (χ4n) is 2.42. The van der Waals surface area contributed by atoms with Gasteiger partial charge in [-0.2, -0.15) is 5.10 Å². The summed E-state index contributed by atoms with van der Waals surface area (Å²) in [6.07, 6.45) is 2.95. The highest BCUT2D eigenvalue weighted by molar-refractivity contribution is 5.85. The molecule has 2 heterocycles. The topological polar surface area (TPSA) is 69.7 Å². The van der Waals surface area contributed by atoms with Gasteiger partial charge in [0, 0.05) is 12.6 Å². The van der Waals surface area contributed by atoms with E-state index in [1.165, 1.54) is 6.42 Å². The molecule has 2 aromatic heterocycles. The fourth-order valence-corrected chi connectivity index (χ4v) is 2.42. The summed E-state index contributed by atoms with van der Waals surface area (Å²) in [5.41, 5.74) is 0.785. The van der Waals surface area contributed by atoms with Crippen molar-refractivity contribution in [1.29, 1.82) is 0 Å². The minimum absolute atomic E-state index is 0.328. The summed E-state index contributed by atoms with van der Waals surface area (Å²) < 4.78 is 0. The number of likely N-dealkylation sites (N-methyl/N-ethyl adjacent to an activating group) is 1. The Bertz CT molecular complexity index is 550. The van der Waals surface area contributed by atoms with Gasteiger partial charge in [0.15, 0.2) is 5.65 Å². The van der Waals surface area contributed by atoms with Crippen LogP contribution in [0.4, 0.5) is 5.82 Å². The van der Waals surface area contributed by atoms with Gasteiger partial charge in [-0.25, -0.2) is 9.97 Å². The second kappa shape index (κ2) is 6.65. The normalized spacial score (nSPS) is 13.1. The van der Waals surface area contributed by atoms with E-state index < -0.39 is 0 Å². The standard InChI is InChI=1S/C14H24N6/c1-5-7-20(6-2)9-10(3)16-13-12-8-15-19-14(12)18-11(4)17-13/h8,10H,5-7,9H2,1-4H3,(H2,15,16,17,18,19)/t10-/m0/s1. The van der Waals surface area contributed by atoms with Gasteiger partial charge in [-0.1, -0.05) is 13.8 Å². The number of aromatic nitrogens is 4. The van der Waals surface area contributed by atoms with E-state index in [-0.39, 0.29) is 0 Å². The van der Waals surface area contributed by atoms with Crippen LogP contribution in [0.5, 0.6) is 0 Å². The van der Waals surface area contributed by atoms with Crippen LogP contribution >= 0.6 is 0 Å². The van der Waals surface area contributed by atoms with Gasteiger partial charge in [0.2, 0.25) is 0 Å². The number of nitrogens with one attached hydrogen (secondary N) is 2. The molecule has 0 radical (unpaired) electrons. The maximum Gasteiger partial charge on any atom is 0.161 e. The van der Waals surface area contributed by atoms with Crippen molar-refractivity contribution in [3.05, 3.63) is 12.0 Å². The van der Waals surface area contributed by atoms with Gasteiger partial charge >= 0.3 is 0 Å². The average molecular weight is 276 g/mol. The summed E-state index contributed by atoms with van der Waals surface area (Å²) in [6, 6.07) is 0.328. The summed E-state index contributed by atoms with van der Waals surface area (Å²) >= 11 is 0. The molecule has 110 valence electrons. The first-order valence-electron chi connectivity index (χ1n) is 7.30. The van der Waals surface area contributed by atoms with E-state index in [0.29, 0.717) is 6.04 Å². The number of nitrogens with zero attached hydrogens (tertiary/aromatic N) is 4. The van der Waals surface area contributed by atoms with E-state index in [9.17, 15) is 0 Å². The first-order valence-corrected chi connectivity index (χ1v) is 7.30. The van der Waals surface area contributed by atoms with Crippen molar-refractivity contribution in [3.63, 3.8) is 0 Å². The van der Waals surface area contributed by atoms with Crippen molar-refractivity contribution >= 4 is 16.9 Å². The number of hydrogen-bond donors (Lipinski definition) is 2.